The highest BCUT2D eigenvalue weighted by Crippen LogP contribution is 2.31. The summed E-state index contributed by atoms with van der Waals surface area (Å²) in [5.74, 6) is 1.78. The zero-order chi connectivity index (χ0) is 17.1. The zero-order valence-electron chi connectivity index (χ0n) is 14.2. The van der Waals surface area contributed by atoms with Crippen LogP contribution in [0.4, 0.5) is 0 Å². The van der Waals surface area contributed by atoms with Crippen molar-refractivity contribution in [2.45, 2.75) is 45.6 Å². The minimum absolute atomic E-state index is 0.339. The number of hydrogen-bond acceptors (Lipinski definition) is 3. The summed E-state index contributed by atoms with van der Waals surface area (Å²) in [4.78, 5) is 11.5. The quantitative estimate of drug-likeness (QED) is 0.879. The molecule has 0 unspecified atom stereocenters. The highest BCUT2D eigenvalue weighted by Gasteiger charge is 2.17. The van der Waals surface area contributed by atoms with Crippen molar-refractivity contribution in [1.82, 2.24) is 0 Å². The largest absolute Gasteiger partial charge is 0.490 e. The van der Waals surface area contributed by atoms with Crippen LogP contribution in [0, 0.1) is 13.8 Å². The topological polar surface area (TPSA) is 61.6 Å². The Bertz CT molecular complexity index is 749. The lowest BCUT2D eigenvalue weighted by molar-refractivity contribution is 0.0999. The average Bonchev–Trinajstić information content (AvgIpc) is 3.04. The van der Waals surface area contributed by atoms with Crippen molar-refractivity contribution in [2.75, 3.05) is 0 Å². The Morgan fingerprint density at radius 2 is 1.71 bits per heavy atom. The molecule has 1 aliphatic rings. The third-order valence-corrected chi connectivity index (χ3v) is 4.45. The van der Waals surface area contributed by atoms with E-state index in [0.717, 1.165) is 35.5 Å². The fraction of sp³-hybridized carbons (Fsp3) is 0.350. The standard InChI is InChI=1S/C20H23NO3/c1-13-7-8-17(12-18(13)20(21)22)24-19-10-9-16(11-14(19)2)23-15-5-3-4-6-15/h7-12,15H,3-6H2,1-2H3,(H2,21,22). The summed E-state index contributed by atoms with van der Waals surface area (Å²) in [7, 11) is 0. The van der Waals surface area contributed by atoms with Crippen molar-refractivity contribution < 1.29 is 14.3 Å². The van der Waals surface area contributed by atoms with Crippen LogP contribution in [-0.4, -0.2) is 12.0 Å². The molecule has 1 amide bonds. The minimum Gasteiger partial charge on any atom is -0.490 e. The average molecular weight is 325 g/mol. The van der Waals surface area contributed by atoms with Crippen molar-refractivity contribution in [3.8, 4) is 17.2 Å². The van der Waals surface area contributed by atoms with Crippen LogP contribution in [0.15, 0.2) is 36.4 Å². The molecule has 4 heteroatoms. The molecular formula is C20H23NO3. The smallest absolute Gasteiger partial charge is 0.249 e. The molecule has 1 aliphatic carbocycles. The summed E-state index contributed by atoms with van der Waals surface area (Å²) in [5.41, 5.74) is 7.70. The highest BCUT2D eigenvalue weighted by molar-refractivity contribution is 5.94. The van der Waals surface area contributed by atoms with Crippen LogP contribution in [0.2, 0.25) is 0 Å². The molecule has 2 aromatic carbocycles. The Morgan fingerprint density at radius 3 is 2.38 bits per heavy atom. The van der Waals surface area contributed by atoms with Gasteiger partial charge in [0.1, 0.15) is 17.2 Å². The summed E-state index contributed by atoms with van der Waals surface area (Å²) in [5, 5.41) is 0. The Hall–Kier alpha value is -2.49. The van der Waals surface area contributed by atoms with Gasteiger partial charge >= 0.3 is 0 Å². The maximum atomic E-state index is 11.5. The summed E-state index contributed by atoms with van der Waals surface area (Å²) in [6.45, 7) is 3.84. The first-order valence-electron chi connectivity index (χ1n) is 8.38. The van der Waals surface area contributed by atoms with E-state index in [2.05, 4.69) is 0 Å². The molecule has 3 rings (SSSR count). The van der Waals surface area contributed by atoms with Gasteiger partial charge in [-0.2, -0.15) is 0 Å². The van der Waals surface area contributed by atoms with Gasteiger partial charge in [-0.15, -0.1) is 0 Å². The molecule has 0 saturated heterocycles. The summed E-state index contributed by atoms with van der Waals surface area (Å²) < 4.78 is 11.9. The molecular weight excluding hydrogens is 302 g/mol. The van der Waals surface area contributed by atoms with Gasteiger partial charge in [0.05, 0.1) is 6.10 Å². The fourth-order valence-electron chi connectivity index (χ4n) is 3.07. The molecule has 1 fully saturated rings. The molecule has 0 bridgehead atoms. The van der Waals surface area contributed by atoms with E-state index in [1.165, 1.54) is 12.8 Å². The van der Waals surface area contributed by atoms with Crippen LogP contribution in [0.3, 0.4) is 0 Å². The highest BCUT2D eigenvalue weighted by atomic mass is 16.5. The molecule has 0 spiro atoms. The number of benzene rings is 2. The van der Waals surface area contributed by atoms with Crippen LogP contribution in [0.5, 0.6) is 17.2 Å². The van der Waals surface area contributed by atoms with E-state index in [4.69, 9.17) is 15.2 Å². The lowest BCUT2D eigenvalue weighted by Crippen LogP contribution is -2.12. The van der Waals surface area contributed by atoms with Crippen LogP contribution in [-0.2, 0) is 0 Å². The van der Waals surface area contributed by atoms with Gasteiger partial charge in [0.25, 0.3) is 0 Å². The number of ether oxygens (including phenoxy) is 2. The second-order valence-electron chi connectivity index (χ2n) is 6.39. The van der Waals surface area contributed by atoms with Gasteiger partial charge in [-0.3, -0.25) is 4.79 Å². The van der Waals surface area contributed by atoms with Crippen molar-refractivity contribution in [3.63, 3.8) is 0 Å². The first kappa shape index (κ1) is 16.4. The number of aryl methyl sites for hydroxylation is 2. The second kappa shape index (κ2) is 6.95. The van der Waals surface area contributed by atoms with E-state index in [-0.39, 0.29) is 0 Å². The van der Waals surface area contributed by atoms with E-state index < -0.39 is 5.91 Å². The minimum atomic E-state index is -0.449. The molecule has 0 aromatic heterocycles. The first-order chi connectivity index (χ1) is 11.5. The maximum Gasteiger partial charge on any atom is 0.249 e. The number of rotatable bonds is 5. The van der Waals surface area contributed by atoms with Crippen LogP contribution in [0.25, 0.3) is 0 Å². The summed E-state index contributed by atoms with van der Waals surface area (Å²) in [6.07, 6.45) is 5.11. The van der Waals surface area contributed by atoms with Crippen LogP contribution < -0.4 is 15.2 Å². The molecule has 0 radical (unpaired) electrons. The van der Waals surface area contributed by atoms with Crippen molar-refractivity contribution in [3.05, 3.63) is 53.1 Å². The van der Waals surface area contributed by atoms with Gasteiger partial charge in [0.2, 0.25) is 5.91 Å². The molecule has 24 heavy (non-hydrogen) atoms. The van der Waals surface area contributed by atoms with Gasteiger partial charge in [-0.05, 0) is 81.0 Å². The Kier molecular flexibility index (Phi) is 4.74. The number of primary amides is 1. The van der Waals surface area contributed by atoms with Gasteiger partial charge in [0.15, 0.2) is 0 Å². The van der Waals surface area contributed by atoms with E-state index in [1.54, 1.807) is 6.07 Å². The predicted molar refractivity (Wildman–Crippen MR) is 93.8 cm³/mol. The second-order valence-corrected chi connectivity index (χ2v) is 6.39. The molecule has 0 atom stereocenters. The predicted octanol–water partition coefficient (Wildman–Crippen LogP) is 4.52. The van der Waals surface area contributed by atoms with Crippen molar-refractivity contribution in [1.29, 1.82) is 0 Å². The van der Waals surface area contributed by atoms with Gasteiger partial charge in [-0.1, -0.05) is 6.07 Å². The zero-order valence-corrected chi connectivity index (χ0v) is 14.2. The Labute approximate surface area is 142 Å². The number of nitrogens with two attached hydrogens (primary N) is 1. The van der Waals surface area contributed by atoms with Crippen molar-refractivity contribution in [2.24, 2.45) is 5.73 Å². The van der Waals surface area contributed by atoms with Gasteiger partial charge in [-0.25, -0.2) is 0 Å². The van der Waals surface area contributed by atoms with Gasteiger partial charge in [0, 0.05) is 5.56 Å². The lowest BCUT2D eigenvalue weighted by Gasteiger charge is -2.15. The monoisotopic (exact) mass is 325 g/mol. The number of carbonyl (C=O) groups is 1. The molecule has 0 aliphatic heterocycles. The number of amides is 1. The molecule has 1 saturated carbocycles. The lowest BCUT2D eigenvalue weighted by atomic mass is 10.1. The first-order valence-corrected chi connectivity index (χ1v) is 8.38. The fourth-order valence-corrected chi connectivity index (χ4v) is 3.07. The third kappa shape index (κ3) is 3.70. The van der Waals surface area contributed by atoms with E-state index in [0.29, 0.717) is 17.4 Å². The van der Waals surface area contributed by atoms with Crippen LogP contribution >= 0.6 is 0 Å². The molecule has 2 aromatic rings. The van der Waals surface area contributed by atoms with Gasteiger partial charge < -0.3 is 15.2 Å². The number of carbonyl (C=O) groups excluding carboxylic acids is 1. The molecule has 126 valence electrons. The SMILES string of the molecule is Cc1cc(OC2CCCC2)ccc1Oc1ccc(C)c(C(N)=O)c1. The number of hydrogen-bond donors (Lipinski definition) is 1. The van der Waals surface area contributed by atoms with Crippen molar-refractivity contribution >= 4 is 5.91 Å². The van der Waals surface area contributed by atoms with Crippen LogP contribution in [0.1, 0.15) is 47.2 Å². The van der Waals surface area contributed by atoms with E-state index in [9.17, 15) is 4.79 Å². The maximum absolute atomic E-state index is 11.5. The third-order valence-electron chi connectivity index (χ3n) is 4.45. The summed E-state index contributed by atoms with van der Waals surface area (Å²) in [6, 6.07) is 11.2. The normalized spacial score (nSPS) is 14.6. The summed E-state index contributed by atoms with van der Waals surface area (Å²) >= 11 is 0. The van der Waals surface area contributed by atoms with E-state index >= 15 is 0 Å². The Balaban J connectivity index is 1.75. The molecule has 0 heterocycles. The molecule has 2 N–H and O–H groups in total. The molecule has 4 nitrogen and oxygen atoms in total. The van der Waals surface area contributed by atoms with E-state index in [1.807, 2.05) is 44.2 Å². The Morgan fingerprint density at radius 1 is 1.00 bits per heavy atom.